The molecule has 1 saturated heterocycles. The van der Waals surface area contributed by atoms with Crippen molar-refractivity contribution in [3.63, 3.8) is 0 Å². The highest BCUT2D eigenvalue weighted by Crippen LogP contribution is 2.41. The average Bonchev–Trinajstić information content (AvgIpc) is 2.98. The highest BCUT2D eigenvalue weighted by atomic mass is 15.2. The normalized spacial score (nSPS) is 29.9. The largest absolute Gasteiger partial charge is 0.326 e. The molecule has 1 aromatic rings. The Balaban J connectivity index is 1.88. The summed E-state index contributed by atoms with van der Waals surface area (Å²) in [6, 6.07) is 5.66. The predicted octanol–water partition coefficient (Wildman–Crippen LogP) is 3.12. The Morgan fingerprint density at radius 2 is 2.00 bits per heavy atom. The first-order valence-corrected chi connectivity index (χ1v) is 8.22. The van der Waals surface area contributed by atoms with Gasteiger partial charge in [-0.3, -0.25) is 9.88 Å². The molecule has 2 aliphatic rings. The second kappa shape index (κ2) is 6.23. The smallest absolute Gasteiger partial charge is 0.0503 e. The molecule has 3 heteroatoms. The second-order valence-electron chi connectivity index (χ2n) is 6.44. The van der Waals surface area contributed by atoms with Gasteiger partial charge in [0.25, 0.3) is 0 Å². The van der Waals surface area contributed by atoms with Crippen molar-refractivity contribution in [2.24, 2.45) is 11.7 Å². The molecule has 0 bridgehead atoms. The number of nitrogens with zero attached hydrogens (tertiary/aromatic N) is 2. The summed E-state index contributed by atoms with van der Waals surface area (Å²) in [5.74, 6) is 0.914. The molecule has 0 spiro atoms. The average molecular weight is 273 g/mol. The zero-order valence-electron chi connectivity index (χ0n) is 12.5. The number of piperidine rings is 1. The number of nitrogens with two attached hydrogens (primary N) is 1. The van der Waals surface area contributed by atoms with E-state index in [1.54, 1.807) is 0 Å². The van der Waals surface area contributed by atoms with Crippen LogP contribution in [0.15, 0.2) is 24.5 Å². The van der Waals surface area contributed by atoms with E-state index in [1.807, 2.05) is 12.4 Å². The summed E-state index contributed by atoms with van der Waals surface area (Å²) < 4.78 is 0. The van der Waals surface area contributed by atoms with Crippen molar-refractivity contribution >= 4 is 0 Å². The van der Waals surface area contributed by atoms with Crippen LogP contribution in [0.2, 0.25) is 0 Å². The molecule has 0 radical (unpaired) electrons. The third-order valence-corrected chi connectivity index (χ3v) is 5.32. The quantitative estimate of drug-likeness (QED) is 0.916. The van der Waals surface area contributed by atoms with Gasteiger partial charge in [0, 0.05) is 24.5 Å². The summed E-state index contributed by atoms with van der Waals surface area (Å²) in [4.78, 5) is 6.89. The lowest BCUT2D eigenvalue weighted by Gasteiger charge is -2.45. The minimum absolute atomic E-state index is 0.219. The molecular weight excluding hydrogens is 246 g/mol. The maximum atomic E-state index is 6.50. The lowest BCUT2D eigenvalue weighted by Crippen LogP contribution is -2.50. The fraction of sp³-hybridized carbons (Fsp3) is 0.706. The number of hydrogen-bond donors (Lipinski definition) is 1. The van der Waals surface area contributed by atoms with Crippen molar-refractivity contribution in [2.75, 3.05) is 6.54 Å². The first-order chi connectivity index (χ1) is 9.81. The van der Waals surface area contributed by atoms with Crippen LogP contribution in [0.25, 0.3) is 0 Å². The lowest BCUT2D eigenvalue weighted by molar-refractivity contribution is 0.0537. The van der Waals surface area contributed by atoms with Gasteiger partial charge < -0.3 is 5.73 Å². The predicted molar refractivity (Wildman–Crippen MR) is 82.3 cm³/mol. The minimum Gasteiger partial charge on any atom is -0.326 e. The molecule has 4 unspecified atom stereocenters. The molecule has 0 amide bonds. The Kier molecular flexibility index (Phi) is 4.37. The van der Waals surface area contributed by atoms with Crippen LogP contribution in [-0.4, -0.2) is 28.5 Å². The van der Waals surface area contributed by atoms with Crippen molar-refractivity contribution in [3.8, 4) is 0 Å². The van der Waals surface area contributed by atoms with E-state index in [4.69, 9.17) is 5.73 Å². The van der Waals surface area contributed by atoms with Gasteiger partial charge in [-0.15, -0.1) is 0 Å². The van der Waals surface area contributed by atoms with Crippen molar-refractivity contribution in [3.05, 3.63) is 30.1 Å². The molecule has 2 heterocycles. The Labute approximate surface area is 122 Å². The molecule has 1 aliphatic heterocycles. The summed E-state index contributed by atoms with van der Waals surface area (Å²) in [7, 11) is 0. The maximum absolute atomic E-state index is 6.50. The van der Waals surface area contributed by atoms with Gasteiger partial charge in [-0.05, 0) is 62.3 Å². The van der Waals surface area contributed by atoms with Gasteiger partial charge >= 0.3 is 0 Å². The van der Waals surface area contributed by atoms with Crippen LogP contribution in [0.4, 0.5) is 0 Å². The second-order valence-corrected chi connectivity index (χ2v) is 6.44. The monoisotopic (exact) mass is 273 g/mol. The molecule has 110 valence electrons. The molecule has 2 N–H and O–H groups in total. The summed E-state index contributed by atoms with van der Waals surface area (Å²) in [6.45, 7) is 3.41. The first kappa shape index (κ1) is 14.0. The Morgan fingerprint density at radius 1 is 1.25 bits per heavy atom. The number of pyridine rings is 1. The first-order valence-electron chi connectivity index (χ1n) is 8.22. The van der Waals surface area contributed by atoms with E-state index in [0.717, 1.165) is 18.4 Å². The number of aromatic nitrogens is 1. The zero-order chi connectivity index (χ0) is 13.9. The van der Waals surface area contributed by atoms with Gasteiger partial charge in [0.1, 0.15) is 0 Å². The number of rotatable bonds is 4. The maximum Gasteiger partial charge on any atom is 0.0503 e. The Hall–Kier alpha value is -0.930. The van der Waals surface area contributed by atoms with E-state index >= 15 is 0 Å². The summed E-state index contributed by atoms with van der Waals surface area (Å²) >= 11 is 0. The molecule has 3 nitrogen and oxygen atoms in total. The van der Waals surface area contributed by atoms with Crippen molar-refractivity contribution < 1.29 is 0 Å². The number of hydrogen-bond acceptors (Lipinski definition) is 3. The van der Waals surface area contributed by atoms with Gasteiger partial charge in [0.2, 0.25) is 0 Å². The lowest BCUT2D eigenvalue weighted by atomic mass is 9.87. The Morgan fingerprint density at radius 3 is 2.75 bits per heavy atom. The molecule has 3 rings (SSSR count). The van der Waals surface area contributed by atoms with Gasteiger partial charge in [0.05, 0.1) is 6.04 Å². The van der Waals surface area contributed by atoms with Crippen LogP contribution in [0, 0.1) is 5.92 Å². The van der Waals surface area contributed by atoms with Crippen LogP contribution in [0.1, 0.15) is 57.1 Å². The van der Waals surface area contributed by atoms with E-state index in [-0.39, 0.29) is 6.04 Å². The third-order valence-electron chi connectivity index (χ3n) is 5.32. The molecule has 1 aromatic heterocycles. The van der Waals surface area contributed by atoms with Crippen LogP contribution >= 0.6 is 0 Å². The SMILES string of the molecule is CCC(N)C(c1ccncc1)N1CCCC2CCCC21. The molecule has 4 atom stereocenters. The fourth-order valence-electron chi connectivity index (χ4n) is 4.31. The summed E-state index contributed by atoms with van der Waals surface area (Å²) in [5.41, 5.74) is 7.85. The van der Waals surface area contributed by atoms with Gasteiger partial charge in [0.15, 0.2) is 0 Å². The van der Waals surface area contributed by atoms with Crippen molar-refractivity contribution in [2.45, 2.75) is 63.6 Å². The third kappa shape index (κ3) is 2.61. The van der Waals surface area contributed by atoms with Crippen LogP contribution in [-0.2, 0) is 0 Å². The van der Waals surface area contributed by atoms with Gasteiger partial charge in [-0.25, -0.2) is 0 Å². The number of fused-ring (bicyclic) bond motifs is 1. The van der Waals surface area contributed by atoms with E-state index in [0.29, 0.717) is 6.04 Å². The van der Waals surface area contributed by atoms with Crippen LogP contribution in [0.3, 0.4) is 0 Å². The van der Waals surface area contributed by atoms with Crippen molar-refractivity contribution in [1.82, 2.24) is 9.88 Å². The van der Waals surface area contributed by atoms with Crippen molar-refractivity contribution in [1.29, 1.82) is 0 Å². The summed E-state index contributed by atoms with van der Waals surface area (Å²) in [6.07, 6.45) is 11.8. The standard InChI is InChI=1S/C17H27N3/c1-2-15(18)17(14-8-10-19-11-9-14)20-12-4-6-13-5-3-7-16(13)20/h8-11,13,15-17H,2-7,12,18H2,1H3. The minimum atomic E-state index is 0.219. The molecular formula is C17H27N3. The highest BCUT2D eigenvalue weighted by molar-refractivity contribution is 5.18. The Bertz CT molecular complexity index is 420. The molecule has 20 heavy (non-hydrogen) atoms. The summed E-state index contributed by atoms with van der Waals surface area (Å²) in [5, 5.41) is 0. The van der Waals surface area contributed by atoms with Gasteiger partial charge in [-0.2, -0.15) is 0 Å². The van der Waals surface area contributed by atoms with E-state index in [1.165, 1.54) is 44.2 Å². The van der Waals surface area contributed by atoms with Crippen LogP contribution < -0.4 is 5.73 Å². The number of likely N-dealkylation sites (tertiary alicyclic amines) is 1. The molecule has 1 aliphatic carbocycles. The van der Waals surface area contributed by atoms with Crippen LogP contribution in [0.5, 0.6) is 0 Å². The molecule has 0 aromatic carbocycles. The highest BCUT2D eigenvalue weighted by Gasteiger charge is 2.39. The van der Waals surface area contributed by atoms with E-state index < -0.39 is 0 Å². The van der Waals surface area contributed by atoms with Gasteiger partial charge in [-0.1, -0.05) is 13.3 Å². The zero-order valence-corrected chi connectivity index (χ0v) is 12.5. The van der Waals surface area contributed by atoms with E-state index in [2.05, 4.69) is 28.9 Å². The van der Waals surface area contributed by atoms with E-state index in [9.17, 15) is 0 Å². The molecule has 2 fully saturated rings. The molecule has 1 saturated carbocycles. The fourth-order valence-corrected chi connectivity index (χ4v) is 4.31. The topological polar surface area (TPSA) is 42.1 Å².